The predicted molar refractivity (Wildman–Crippen MR) is 57.7 cm³/mol. The Bertz CT molecular complexity index is 325. The Morgan fingerprint density at radius 2 is 2.13 bits per heavy atom. The lowest BCUT2D eigenvalue weighted by Crippen LogP contribution is -2.35. The lowest BCUT2D eigenvalue weighted by atomic mass is 10.2. The van der Waals surface area contributed by atoms with Crippen LogP contribution in [-0.2, 0) is 11.4 Å². The molecular formula is C11H14N2O2. The maximum absolute atomic E-state index is 10.9. The monoisotopic (exact) mass is 206 g/mol. The van der Waals surface area contributed by atoms with Crippen molar-refractivity contribution < 1.29 is 9.63 Å². The van der Waals surface area contributed by atoms with E-state index < -0.39 is 6.03 Å². The van der Waals surface area contributed by atoms with Gasteiger partial charge in [0, 0.05) is 0 Å². The first-order valence-electron chi connectivity index (χ1n) is 4.58. The van der Waals surface area contributed by atoms with E-state index in [1.807, 2.05) is 30.3 Å². The molecule has 2 N–H and O–H groups in total. The topological polar surface area (TPSA) is 55.6 Å². The first-order valence-corrected chi connectivity index (χ1v) is 4.58. The van der Waals surface area contributed by atoms with Crippen LogP contribution in [0.25, 0.3) is 0 Å². The molecule has 0 fully saturated rings. The third-order valence-corrected chi connectivity index (χ3v) is 1.77. The van der Waals surface area contributed by atoms with Crippen molar-refractivity contribution in [2.75, 3.05) is 6.54 Å². The summed E-state index contributed by atoms with van der Waals surface area (Å²) in [6.07, 6.45) is 1.55. The molecule has 15 heavy (non-hydrogen) atoms. The van der Waals surface area contributed by atoms with Crippen molar-refractivity contribution in [1.82, 2.24) is 5.06 Å². The van der Waals surface area contributed by atoms with E-state index in [0.717, 1.165) is 10.6 Å². The van der Waals surface area contributed by atoms with Gasteiger partial charge in [-0.3, -0.25) is 4.84 Å². The maximum Gasteiger partial charge on any atom is 0.339 e. The third-order valence-electron chi connectivity index (χ3n) is 1.77. The van der Waals surface area contributed by atoms with Crippen LogP contribution in [-0.4, -0.2) is 17.6 Å². The highest BCUT2D eigenvalue weighted by Gasteiger charge is 2.07. The van der Waals surface area contributed by atoms with Crippen LogP contribution >= 0.6 is 0 Å². The van der Waals surface area contributed by atoms with Crippen molar-refractivity contribution in [2.24, 2.45) is 5.73 Å². The van der Waals surface area contributed by atoms with Gasteiger partial charge in [0.05, 0.1) is 6.54 Å². The molecule has 0 radical (unpaired) electrons. The molecule has 2 amide bonds. The van der Waals surface area contributed by atoms with Gasteiger partial charge < -0.3 is 5.73 Å². The summed E-state index contributed by atoms with van der Waals surface area (Å²) in [4.78, 5) is 16.1. The van der Waals surface area contributed by atoms with Gasteiger partial charge in [0.15, 0.2) is 0 Å². The van der Waals surface area contributed by atoms with E-state index >= 15 is 0 Å². The molecule has 0 saturated carbocycles. The number of nitrogens with zero attached hydrogens (tertiary/aromatic N) is 1. The predicted octanol–water partition coefficient (Wildman–Crippen LogP) is 1.68. The Hall–Kier alpha value is -1.81. The van der Waals surface area contributed by atoms with Crippen molar-refractivity contribution in [2.45, 2.75) is 6.61 Å². The average molecular weight is 206 g/mol. The molecule has 4 heteroatoms. The second kappa shape index (κ2) is 5.82. The Kier molecular flexibility index (Phi) is 4.37. The highest BCUT2D eigenvalue weighted by Crippen LogP contribution is 2.02. The van der Waals surface area contributed by atoms with Crippen LogP contribution in [0.1, 0.15) is 5.56 Å². The standard InChI is InChI=1S/C11H14N2O2/c1-2-8-13(11(12)14)15-9-10-6-4-3-5-7-10/h2-7H,1,8-9H2,(H2,12,14). The largest absolute Gasteiger partial charge is 0.350 e. The summed E-state index contributed by atoms with van der Waals surface area (Å²) < 4.78 is 0. The molecule has 4 nitrogen and oxygen atoms in total. The molecular weight excluding hydrogens is 192 g/mol. The molecule has 0 aliphatic heterocycles. The molecule has 1 aromatic carbocycles. The van der Waals surface area contributed by atoms with Gasteiger partial charge in [0.1, 0.15) is 6.61 Å². The number of urea groups is 1. The Labute approximate surface area is 88.9 Å². The number of amides is 2. The Balaban J connectivity index is 2.47. The SMILES string of the molecule is C=CCN(OCc1ccccc1)C(N)=O. The van der Waals surface area contributed by atoms with Gasteiger partial charge in [0.2, 0.25) is 0 Å². The van der Waals surface area contributed by atoms with Gasteiger partial charge in [0.25, 0.3) is 0 Å². The second-order valence-electron chi connectivity index (χ2n) is 2.95. The summed E-state index contributed by atoms with van der Waals surface area (Å²) in [6.45, 7) is 4.11. The van der Waals surface area contributed by atoms with Crippen LogP contribution in [0.15, 0.2) is 43.0 Å². The number of hydrogen-bond donors (Lipinski definition) is 1. The lowest BCUT2D eigenvalue weighted by molar-refractivity contribution is -0.118. The fraction of sp³-hybridized carbons (Fsp3) is 0.182. The van der Waals surface area contributed by atoms with Gasteiger partial charge in [-0.05, 0) is 5.56 Å². The molecule has 0 aliphatic carbocycles. The van der Waals surface area contributed by atoms with Crippen LogP contribution in [0.5, 0.6) is 0 Å². The number of carbonyl (C=O) groups is 1. The van der Waals surface area contributed by atoms with E-state index in [4.69, 9.17) is 10.6 Å². The number of carbonyl (C=O) groups excluding carboxylic acids is 1. The minimum atomic E-state index is -0.620. The lowest BCUT2D eigenvalue weighted by Gasteiger charge is -2.17. The van der Waals surface area contributed by atoms with Gasteiger partial charge in [-0.1, -0.05) is 36.4 Å². The van der Waals surface area contributed by atoms with Crippen LogP contribution in [0.2, 0.25) is 0 Å². The van der Waals surface area contributed by atoms with E-state index in [2.05, 4.69) is 6.58 Å². The van der Waals surface area contributed by atoms with Gasteiger partial charge in [-0.2, -0.15) is 5.06 Å². The van der Waals surface area contributed by atoms with Crippen LogP contribution in [0, 0.1) is 0 Å². The fourth-order valence-corrected chi connectivity index (χ4v) is 1.05. The fourth-order valence-electron chi connectivity index (χ4n) is 1.05. The first kappa shape index (κ1) is 11.3. The normalized spacial score (nSPS) is 9.60. The van der Waals surface area contributed by atoms with Crippen molar-refractivity contribution in [1.29, 1.82) is 0 Å². The number of primary amides is 1. The molecule has 1 rings (SSSR count). The van der Waals surface area contributed by atoms with Crippen LogP contribution in [0.3, 0.4) is 0 Å². The number of hydrogen-bond acceptors (Lipinski definition) is 2. The third kappa shape index (κ3) is 3.83. The number of benzene rings is 1. The molecule has 0 bridgehead atoms. The summed E-state index contributed by atoms with van der Waals surface area (Å²) in [5.74, 6) is 0. The number of rotatable bonds is 5. The second-order valence-corrected chi connectivity index (χ2v) is 2.95. The summed E-state index contributed by atoms with van der Waals surface area (Å²) >= 11 is 0. The van der Waals surface area contributed by atoms with Gasteiger partial charge in [-0.15, -0.1) is 6.58 Å². The average Bonchev–Trinajstić information content (AvgIpc) is 2.25. The van der Waals surface area contributed by atoms with Crippen molar-refractivity contribution in [3.8, 4) is 0 Å². The molecule has 0 aromatic heterocycles. The van der Waals surface area contributed by atoms with Crippen LogP contribution in [0.4, 0.5) is 4.79 Å². The quantitative estimate of drug-likeness (QED) is 0.588. The highest BCUT2D eigenvalue weighted by molar-refractivity contribution is 5.70. The molecule has 0 aliphatic rings. The molecule has 0 saturated heterocycles. The Morgan fingerprint density at radius 1 is 1.47 bits per heavy atom. The van der Waals surface area contributed by atoms with E-state index in [1.54, 1.807) is 6.08 Å². The van der Waals surface area contributed by atoms with E-state index in [0.29, 0.717) is 6.61 Å². The molecule has 1 aromatic rings. The van der Waals surface area contributed by atoms with E-state index in [1.165, 1.54) is 0 Å². The zero-order chi connectivity index (χ0) is 11.1. The smallest absolute Gasteiger partial charge is 0.339 e. The number of hydroxylamine groups is 2. The molecule has 80 valence electrons. The van der Waals surface area contributed by atoms with Gasteiger partial charge in [-0.25, -0.2) is 4.79 Å². The summed E-state index contributed by atoms with van der Waals surface area (Å²) in [7, 11) is 0. The minimum Gasteiger partial charge on any atom is -0.350 e. The van der Waals surface area contributed by atoms with Crippen molar-refractivity contribution in [3.63, 3.8) is 0 Å². The van der Waals surface area contributed by atoms with E-state index in [-0.39, 0.29) is 6.54 Å². The number of nitrogens with two attached hydrogens (primary N) is 1. The van der Waals surface area contributed by atoms with Crippen molar-refractivity contribution >= 4 is 6.03 Å². The maximum atomic E-state index is 10.9. The van der Waals surface area contributed by atoms with E-state index in [9.17, 15) is 4.79 Å². The summed E-state index contributed by atoms with van der Waals surface area (Å²) in [6, 6.07) is 8.92. The van der Waals surface area contributed by atoms with Gasteiger partial charge >= 0.3 is 6.03 Å². The molecule has 0 unspecified atom stereocenters. The zero-order valence-electron chi connectivity index (χ0n) is 8.43. The highest BCUT2D eigenvalue weighted by atomic mass is 16.7. The zero-order valence-corrected chi connectivity index (χ0v) is 8.43. The summed E-state index contributed by atoms with van der Waals surface area (Å²) in [5.41, 5.74) is 6.08. The molecule has 0 spiro atoms. The minimum absolute atomic E-state index is 0.280. The van der Waals surface area contributed by atoms with Crippen LogP contribution < -0.4 is 5.73 Å². The first-order chi connectivity index (χ1) is 7.24. The van der Waals surface area contributed by atoms with Crippen molar-refractivity contribution in [3.05, 3.63) is 48.6 Å². The Morgan fingerprint density at radius 3 is 2.67 bits per heavy atom. The summed E-state index contributed by atoms with van der Waals surface area (Å²) in [5, 5.41) is 1.07. The molecule has 0 heterocycles. The molecule has 0 atom stereocenters.